The van der Waals surface area contributed by atoms with Gasteiger partial charge >= 0.3 is 0 Å². The summed E-state index contributed by atoms with van der Waals surface area (Å²) in [4.78, 5) is 27.3. The smallest absolute Gasteiger partial charge is 0.259 e. The van der Waals surface area contributed by atoms with Crippen LogP contribution in [-0.4, -0.2) is 35.6 Å². The van der Waals surface area contributed by atoms with Crippen molar-refractivity contribution in [2.75, 3.05) is 20.2 Å². The lowest BCUT2D eigenvalue weighted by molar-refractivity contribution is 0.0664. The molecule has 162 valence electrons. The number of likely N-dealkylation sites (tertiary alicyclic amines) is 1. The summed E-state index contributed by atoms with van der Waals surface area (Å²) >= 11 is 6.62. The quantitative estimate of drug-likeness (QED) is 0.697. The molecule has 0 radical (unpaired) electrons. The van der Waals surface area contributed by atoms with Gasteiger partial charge in [-0.2, -0.15) is 0 Å². The van der Waals surface area contributed by atoms with Crippen LogP contribution in [0.1, 0.15) is 48.2 Å². The van der Waals surface area contributed by atoms with Gasteiger partial charge in [-0.25, -0.2) is 0 Å². The molecule has 0 bridgehead atoms. The predicted octanol–water partition coefficient (Wildman–Crippen LogP) is 4.84. The van der Waals surface area contributed by atoms with Gasteiger partial charge in [0.1, 0.15) is 11.3 Å². The second-order valence-corrected chi connectivity index (χ2v) is 9.03. The van der Waals surface area contributed by atoms with Gasteiger partial charge in [-0.05, 0) is 61.8 Å². The van der Waals surface area contributed by atoms with Crippen LogP contribution in [0.15, 0.2) is 23.1 Å². The first-order valence-corrected chi connectivity index (χ1v) is 10.9. The van der Waals surface area contributed by atoms with E-state index in [2.05, 4.69) is 13.8 Å². The number of piperidine rings is 1. The summed E-state index contributed by atoms with van der Waals surface area (Å²) in [6.07, 6.45) is 3.82. The van der Waals surface area contributed by atoms with Crippen molar-refractivity contribution in [3.05, 3.63) is 50.4 Å². The Morgan fingerprint density at radius 1 is 1.17 bits per heavy atom. The number of pyridine rings is 1. The van der Waals surface area contributed by atoms with Gasteiger partial charge in [0, 0.05) is 37.5 Å². The third-order valence-corrected chi connectivity index (χ3v) is 6.80. The van der Waals surface area contributed by atoms with Crippen molar-refractivity contribution in [1.82, 2.24) is 9.47 Å². The molecular weight excluding hydrogens is 400 g/mol. The summed E-state index contributed by atoms with van der Waals surface area (Å²) in [5.74, 6) is 1.66. The van der Waals surface area contributed by atoms with E-state index in [1.807, 2.05) is 24.8 Å². The predicted molar refractivity (Wildman–Crippen MR) is 122 cm³/mol. The first kappa shape index (κ1) is 22.4. The van der Waals surface area contributed by atoms with E-state index >= 15 is 0 Å². The van der Waals surface area contributed by atoms with Gasteiger partial charge in [0.15, 0.2) is 0 Å². The highest BCUT2D eigenvalue weighted by atomic mass is 35.5. The number of benzene rings is 1. The molecule has 0 saturated carbocycles. The molecule has 1 aromatic carbocycles. The Bertz CT molecular complexity index is 1020. The van der Waals surface area contributed by atoms with Crippen LogP contribution in [-0.2, 0) is 7.05 Å². The lowest BCUT2D eigenvalue weighted by Crippen LogP contribution is -2.39. The molecule has 1 aliphatic heterocycles. The molecule has 1 amide bonds. The van der Waals surface area contributed by atoms with Crippen LogP contribution < -0.4 is 10.3 Å². The van der Waals surface area contributed by atoms with Gasteiger partial charge in [0.2, 0.25) is 0 Å². The summed E-state index contributed by atoms with van der Waals surface area (Å²) in [5, 5.41) is 0.367. The monoisotopic (exact) mass is 430 g/mol. The summed E-state index contributed by atoms with van der Waals surface area (Å²) in [5.41, 5.74) is 3.69. The van der Waals surface area contributed by atoms with E-state index in [9.17, 15) is 9.59 Å². The van der Waals surface area contributed by atoms with Gasteiger partial charge < -0.3 is 14.2 Å². The maximum absolute atomic E-state index is 13.3. The van der Waals surface area contributed by atoms with Gasteiger partial charge in [-0.15, -0.1) is 0 Å². The summed E-state index contributed by atoms with van der Waals surface area (Å²) in [7, 11) is 3.28. The molecule has 6 heteroatoms. The molecular formula is C24H31ClN2O3. The first-order chi connectivity index (χ1) is 14.1. The topological polar surface area (TPSA) is 51.5 Å². The highest BCUT2D eigenvalue weighted by Crippen LogP contribution is 2.36. The molecule has 1 saturated heterocycles. The lowest BCUT2D eigenvalue weighted by atomic mass is 9.86. The largest absolute Gasteiger partial charge is 0.496 e. The fourth-order valence-corrected chi connectivity index (χ4v) is 4.59. The molecule has 5 nitrogen and oxygen atoms in total. The molecule has 2 aromatic rings. The number of nitrogens with zero attached hydrogens (tertiary/aromatic N) is 2. The maximum atomic E-state index is 13.3. The lowest BCUT2D eigenvalue weighted by Gasteiger charge is -2.34. The van der Waals surface area contributed by atoms with Crippen molar-refractivity contribution in [2.24, 2.45) is 18.9 Å². The molecule has 2 heterocycles. The zero-order valence-electron chi connectivity index (χ0n) is 18.7. The second-order valence-electron chi connectivity index (χ2n) is 8.62. The Kier molecular flexibility index (Phi) is 6.61. The summed E-state index contributed by atoms with van der Waals surface area (Å²) in [6, 6.07) is 3.64. The van der Waals surface area contributed by atoms with Crippen molar-refractivity contribution in [2.45, 2.75) is 40.5 Å². The van der Waals surface area contributed by atoms with Crippen LogP contribution in [0, 0.1) is 25.7 Å². The van der Waals surface area contributed by atoms with Crippen LogP contribution in [0.4, 0.5) is 0 Å². The van der Waals surface area contributed by atoms with Crippen molar-refractivity contribution >= 4 is 17.5 Å². The highest BCUT2D eigenvalue weighted by Gasteiger charge is 2.29. The zero-order chi connectivity index (χ0) is 22.2. The van der Waals surface area contributed by atoms with Crippen LogP contribution in [0.5, 0.6) is 5.75 Å². The van der Waals surface area contributed by atoms with Crippen LogP contribution in [0.2, 0.25) is 5.02 Å². The fraction of sp³-hybridized carbons (Fsp3) is 0.500. The number of halogens is 1. The number of hydrogen-bond acceptors (Lipinski definition) is 3. The Labute approximate surface area is 183 Å². The molecule has 30 heavy (non-hydrogen) atoms. The highest BCUT2D eigenvalue weighted by molar-refractivity contribution is 6.34. The SMILES string of the molecule is COc1cc(-c2cn(C)c(=O)c(C)c2C)cc(Cl)c1C(=O)N1CCC(C(C)C)CC1. The maximum Gasteiger partial charge on any atom is 0.259 e. The molecule has 0 aliphatic carbocycles. The molecule has 1 fully saturated rings. The summed E-state index contributed by atoms with van der Waals surface area (Å²) < 4.78 is 7.15. The van der Waals surface area contributed by atoms with Gasteiger partial charge in [0.25, 0.3) is 11.5 Å². The van der Waals surface area contributed by atoms with Crippen molar-refractivity contribution in [1.29, 1.82) is 0 Å². The van der Waals surface area contributed by atoms with Crippen molar-refractivity contribution < 1.29 is 9.53 Å². The Balaban J connectivity index is 1.98. The number of carbonyl (C=O) groups is 1. The minimum Gasteiger partial charge on any atom is -0.496 e. The second kappa shape index (κ2) is 8.84. The van der Waals surface area contributed by atoms with Gasteiger partial charge in [0.05, 0.1) is 12.1 Å². The average Bonchev–Trinajstić information content (AvgIpc) is 2.73. The average molecular weight is 431 g/mol. The fourth-order valence-electron chi connectivity index (χ4n) is 4.30. The van der Waals surface area contributed by atoms with E-state index < -0.39 is 0 Å². The number of carbonyl (C=O) groups excluding carboxylic acids is 1. The Hall–Kier alpha value is -2.27. The number of rotatable bonds is 4. The van der Waals surface area contributed by atoms with Crippen LogP contribution >= 0.6 is 11.6 Å². The van der Waals surface area contributed by atoms with E-state index in [0.29, 0.717) is 33.7 Å². The van der Waals surface area contributed by atoms with E-state index in [1.54, 1.807) is 31.0 Å². The molecule has 0 unspecified atom stereocenters. The van der Waals surface area contributed by atoms with Crippen molar-refractivity contribution in [3.8, 4) is 16.9 Å². The molecule has 0 N–H and O–H groups in total. The van der Waals surface area contributed by atoms with E-state index in [0.717, 1.165) is 42.6 Å². The Morgan fingerprint density at radius 2 is 1.80 bits per heavy atom. The Morgan fingerprint density at radius 3 is 2.37 bits per heavy atom. The number of hydrogen-bond donors (Lipinski definition) is 0. The summed E-state index contributed by atoms with van der Waals surface area (Å²) in [6.45, 7) is 9.70. The van der Waals surface area contributed by atoms with Gasteiger partial charge in [-0.3, -0.25) is 9.59 Å². The molecule has 0 spiro atoms. The molecule has 1 aromatic heterocycles. The number of ether oxygens (including phenoxy) is 1. The number of amides is 1. The minimum absolute atomic E-state index is 0.0223. The molecule has 1 aliphatic rings. The third-order valence-electron chi connectivity index (χ3n) is 6.50. The zero-order valence-corrected chi connectivity index (χ0v) is 19.5. The number of aryl methyl sites for hydroxylation is 1. The third kappa shape index (κ3) is 4.13. The number of aromatic nitrogens is 1. The van der Waals surface area contributed by atoms with Gasteiger partial charge in [-0.1, -0.05) is 25.4 Å². The molecule has 0 atom stereocenters. The first-order valence-electron chi connectivity index (χ1n) is 10.5. The standard InChI is InChI=1S/C24H31ClN2O3/c1-14(2)17-7-9-27(10-8-17)24(29)22-20(25)11-18(12-21(22)30-6)19-13-26(5)23(28)16(4)15(19)3/h11-14,17H,7-10H2,1-6H3. The normalized spacial score (nSPS) is 15.0. The van der Waals surface area contributed by atoms with E-state index in [4.69, 9.17) is 16.3 Å². The van der Waals surface area contributed by atoms with Crippen LogP contribution in [0.25, 0.3) is 11.1 Å². The van der Waals surface area contributed by atoms with E-state index in [1.165, 1.54) is 0 Å². The molecule has 3 rings (SSSR count). The van der Waals surface area contributed by atoms with E-state index in [-0.39, 0.29) is 11.5 Å². The minimum atomic E-state index is -0.0843. The van der Waals surface area contributed by atoms with Crippen LogP contribution in [0.3, 0.4) is 0 Å². The number of methoxy groups -OCH3 is 1. The van der Waals surface area contributed by atoms with Crippen molar-refractivity contribution in [3.63, 3.8) is 0 Å².